The smallest absolute Gasteiger partial charge is 0.325 e. The van der Waals surface area contributed by atoms with Gasteiger partial charge in [0, 0.05) is 11.8 Å². The Kier molecular flexibility index (Phi) is 8.45. The van der Waals surface area contributed by atoms with E-state index in [1.807, 2.05) is 37.3 Å². The molecule has 0 saturated heterocycles. The van der Waals surface area contributed by atoms with Gasteiger partial charge in [-0.2, -0.15) is 0 Å². The van der Waals surface area contributed by atoms with Gasteiger partial charge in [0.25, 0.3) is 5.91 Å². The fourth-order valence-electron chi connectivity index (χ4n) is 4.28. The Labute approximate surface area is 225 Å². The fourth-order valence-corrected chi connectivity index (χ4v) is 4.28. The van der Waals surface area contributed by atoms with E-state index >= 15 is 0 Å². The number of aliphatic carboxylic acids is 1. The van der Waals surface area contributed by atoms with Gasteiger partial charge < -0.3 is 25.2 Å². The molecule has 0 saturated carbocycles. The van der Waals surface area contributed by atoms with Crippen molar-refractivity contribution in [3.05, 3.63) is 83.6 Å². The summed E-state index contributed by atoms with van der Waals surface area (Å²) < 4.78 is 12.0. The summed E-state index contributed by atoms with van der Waals surface area (Å²) in [7, 11) is 1.57. The molecule has 0 aliphatic rings. The van der Waals surface area contributed by atoms with Crippen molar-refractivity contribution < 1.29 is 29.0 Å². The number of rotatable bonds is 11. The third kappa shape index (κ3) is 6.35. The molecule has 10 heteroatoms. The monoisotopic (exact) mass is 530 g/mol. The van der Waals surface area contributed by atoms with Gasteiger partial charge in [-0.15, -0.1) is 0 Å². The Balaban J connectivity index is 1.75. The summed E-state index contributed by atoms with van der Waals surface area (Å²) in [5, 5.41) is 15.5. The molecule has 0 bridgehead atoms. The second-order valence-corrected chi connectivity index (χ2v) is 8.85. The Hall–Kier alpha value is -4.86. The first kappa shape index (κ1) is 27.2. The number of imidazole rings is 1. The zero-order chi connectivity index (χ0) is 27.9. The lowest BCUT2D eigenvalue weighted by Crippen LogP contribution is -2.30. The van der Waals surface area contributed by atoms with Crippen LogP contribution in [0.2, 0.25) is 0 Å². The van der Waals surface area contributed by atoms with Gasteiger partial charge in [0.1, 0.15) is 23.8 Å². The zero-order valence-corrected chi connectivity index (χ0v) is 21.9. The van der Waals surface area contributed by atoms with E-state index in [0.29, 0.717) is 28.5 Å². The molecule has 0 fully saturated rings. The predicted octanol–water partition coefficient (Wildman–Crippen LogP) is 4.24. The minimum absolute atomic E-state index is 0.102. The van der Waals surface area contributed by atoms with Crippen LogP contribution in [0.1, 0.15) is 40.9 Å². The molecule has 39 heavy (non-hydrogen) atoms. The average Bonchev–Trinajstić information content (AvgIpc) is 3.30. The predicted molar refractivity (Wildman–Crippen MR) is 146 cm³/mol. The standard InChI is InChI=1S/C29H30N4O6/c1-4-39-25(36)17-30-28-26(19-10-12-21(38-3)13-11-19)32-27-22(9-6-14-33(27)28)29(37)31-23(16-24(34)35)20-8-5-7-18(2)15-20/h5-15,23,30H,4,16-17H2,1-3H3,(H,31,37)(H,34,35). The molecule has 2 aromatic carbocycles. The van der Waals surface area contributed by atoms with Crippen LogP contribution in [0.15, 0.2) is 66.9 Å². The number of amides is 1. The Morgan fingerprint density at radius 2 is 1.85 bits per heavy atom. The van der Waals surface area contributed by atoms with Gasteiger partial charge in [0.05, 0.1) is 31.7 Å². The van der Waals surface area contributed by atoms with Crippen molar-refractivity contribution in [3.8, 4) is 17.0 Å². The lowest BCUT2D eigenvalue weighted by atomic mass is 10.0. The number of aromatic nitrogens is 2. The van der Waals surface area contributed by atoms with E-state index in [4.69, 9.17) is 14.5 Å². The average molecular weight is 531 g/mol. The van der Waals surface area contributed by atoms with E-state index in [-0.39, 0.29) is 25.1 Å². The number of aryl methyl sites for hydroxylation is 1. The highest BCUT2D eigenvalue weighted by Crippen LogP contribution is 2.31. The SMILES string of the molecule is CCOC(=O)CNc1c(-c2ccc(OC)cc2)nc2c(C(=O)NC(CC(=O)O)c3cccc(C)c3)cccn12. The topological polar surface area (TPSA) is 131 Å². The number of esters is 1. The van der Waals surface area contributed by atoms with Gasteiger partial charge in [-0.1, -0.05) is 29.8 Å². The molecular weight excluding hydrogens is 500 g/mol. The number of fused-ring (bicyclic) bond motifs is 1. The highest BCUT2D eigenvalue weighted by Gasteiger charge is 2.23. The molecule has 10 nitrogen and oxygen atoms in total. The number of hydrogen-bond acceptors (Lipinski definition) is 7. The summed E-state index contributed by atoms with van der Waals surface area (Å²) in [6, 6.07) is 17.2. The van der Waals surface area contributed by atoms with Gasteiger partial charge in [0.2, 0.25) is 0 Å². The van der Waals surface area contributed by atoms with Crippen LogP contribution in [-0.4, -0.2) is 52.6 Å². The van der Waals surface area contributed by atoms with Crippen molar-refractivity contribution in [1.29, 1.82) is 0 Å². The van der Waals surface area contributed by atoms with Crippen molar-refractivity contribution in [2.24, 2.45) is 0 Å². The maximum absolute atomic E-state index is 13.5. The largest absolute Gasteiger partial charge is 0.497 e. The molecule has 1 amide bonds. The van der Waals surface area contributed by atoms with Gasteiger partial charge in [0.15, 0.2) is 5.65 Å². The van der Waals surface area contributed by atoms with Crippen molar-refractivity contribution in [2.45, 2.75) is 26.3 Å². The van der Waals surface area contributed by atoms with E-state index < -0.39 is 23.9 Å². The van der Waals surface area contributed by atoms with Crippen LogP contribution in [0, 0.1) is 6.92 Å². The first-order chi connectivity index (χ1) is 18.8. The van der Waals surface area contributed by atoms with E-state index in [1.54, 1.807) is 55.0 Å². The number of anilines is 1. The second kappa shape index (κ2) is 12.1. The van der Waals surface area contributed by atoms with E-state index in [2.05, 4.69) is 10.6 Å². The summed E-state index contributed by atoms with van der Waals surface area (Å²) >= 11 is 0. The van der Waals surface area contributed by atoms with Crippen LogP contribution in [0.4, 0.5) is 5.82 Å². The summed E-state index contributed by atoms with van der Waals surface area (Å²) in [4.78, 5) is 42.0. The molecule has 202 valence electrons. The number of ether oxygens (including phenoxy) is 2. The van der Waals surface area contributed by atoms with Gasteiger partial charge in [-0.05, 0) is 55.8 Å². The van der Waals surface area contributed by atoms with Crippen molar-refractivity contribution in [3.63, 3.8) is 0 Å². The zero-order valence-electron chi connectivity index (χ0n) is 21.9. The Morgan fingerprint density at radius 1 is 1.08 bits per heavy atom. The molecule has 4 aromatic rings. The second-order valence-electron chi connectivity index (χ2n) is 8.85. The van der Waals surface area contributed by atoms with Crippen molar-refractivity contribution >= 4 is 29.3 Å². The van der Waals surface area contributed by atoms with Gasteiger partial charge >= 0.3 is 11.9 Å². The number of nitrogens with zero attached hydrogens (tertiary/aromatic N) is 2. The van der Waals surface area contributed by atoms with Crippen molar-refractivity contribution in [1.82, 2.24) is 14.7 Å². The summed E-state index contributed by atoms with van der Waals surface area (Å²) in [6.45, 7) is 3.78. The molecular formula is C29H30N4O6. The molecule has 2 heterocycles. The van der Waals surface area contributed by atoms with Gasteiger partial charge in [-0.25, -0.2) is 4.98 Å². The molecule has 0 aliphatic carbocycles. The number of pyridine rings is 1. The number of carbonyl (C=O) groups excluding carboxylic acids is 2. The highest BCUT2D eigenvalue weighted by molar-refractivity contribution is 6.01. The molecule has 3 N–H and O–H groups in total. The van der Waals surface area contributed by atoms with Crippen LogP contribution in [0.5, 0.6) is 5.75 Å². The van der Waals surface area contributed by atoms with Gasteiger partial charge in [-0.3, -0.25) is 18.8 Å². The fraction of sp³-hybridized carbons (Fsp3) is 0.241. The first-order valence-electron chi connectivity index (χ1n) is 12.4. The number of hydrogen-bond donors (Lipinski definition) is 3. The van der Waals surface area contributed by atoms with Crippen LogP contribution >= 0.6 is 0 Å². The van der Waals surface area contributed by atoms with Crippen LogP contribution in [0.25, 0.3) is 16.9 Å². The highest BCUT2D eigenvalue weighted by atomic mass is 16.5. The third-order valence-corrected chi connectivity index (χ3v) is 6.09. The minimum Gasteiger partial charge on any atom is -0.497 e. The number of nitrogens with one attached hydrogen (secondary N) is 2. The number of carbonyl (C=O) groups is 3. The van der Waals surface area contributed by atoms with Crippen LogP contribution < -0.4 is 15.4 Å². The van der Waals surface area contributed by atoms with E-state index in [1.165, 1.54) is 0 Å². The molecule has 0 spiro atoms. The maximum atomic E-state index is 13.5. The Bertz CT molecular complexity index is 1500. The number of carboxylic acids is 1. The summed E-state index contributed by atoms with van der Waals surface area (Å²) in [5.74, 6) is -0.774. The van der Waals surface area contributed by atoms with Crippen molar-refractivity contribution in [2.75, 3.05) is 25.6 Å². The molecule has 2 aromatic heterocycles. The van der Waals surface area contributed by atoms with E-state index in [0.717, 1.165) is 11.1 Å². The molecule has 1 unspecified atom stereocenters. The normalized spacial score (nSPS) is 11.6. The number of methoxy groups -OCH3 is 1. The number of carboxylic acid groups (broad SMARTS) is 1. The minimum atomic E-state index is -1.03. The lowest BCUT2D eigenvalue weighted by molar-refractivity contribution is -0.141. The molecule has 4 rings (SSSR count). The lowest BCUT2D eigenvalue weighted by Gasteiger charge is -2.18. The third-order valence-electron chi connectivity index (χ3n) is 6.09. The first-order valence-corrected chi connectivity index (χ1v) is 12.4. The molecule has 0 aliphatic heterocycles. The van der Waals surface area contributed by atoms with Crippen LogP contribution in [0.3, 0.4) is 0 Å². The maximum Gasteiger partial charge on any atom is 0.325 e. The van der Waals surface area contributed by atoms with Crippen LogP contribution in [-0.2, 0) is 14.3 Å². The quantitative estimate of drug-likeness (QED) is 0.246. The summed E-state index contributed by atoms with van der Waals surface area (Å²) in [5.41, 5.74) is 3.49. The molecule has 1 atom stereocenters. The Morgan fingerprint density at radius 3 is 2.51 bits per heavy atom. The molecule has 0 radical (unpaired) electrons. The van der Waals surface area contributed by atoms with E-state index in [9.17, 15) is 19.5 Å². The number of benzene rings is 2. The summed E-state index contributed by atoms with van der Waals surface area (Å²) in [6.07, 6.45) is 1.45.